The molecule has 0 saturated carbocycles. The van der Waals surface area contributed by atoms with Crippen LogP contribution in [0.25, 0.3) is 0 Å². The fraction of sp³-hybridized carbons (Fsp3) is 0.714. The number of nitrogens with zero attached hydrogens (tertiary/aromatic N) is 1. The minimum atomic E-state index is 0.614. The highest BCUT2D eigenvalue weighted by Gasteiger charge is 2.11. The molecule has 0 aromatic carbocycles. The monoisotopic (exact) mass is 254 g/mol. The van der Waals surface area contributed by atoms with Gasteiger partial charge in [-0.3, -0.25) is 0 Å². The van der Waals surface area contributed by atoms with E-state index in [0.717, 1.165) is 25.4 Å². The van der Waals surface area contributed by atoms with Gasteiger partial charge in [0.15, 0.2) is 0 Å². The zero-order chi connectivity index (χ0) is 12.7. The molecular formula is C14H26N2S. The van der Waals surface area contributed by atoms with Crippen LogP contribution in [0.5, 0.6) is 0 Å². The maximum Gasteiger partial charge on any atom is 0.0197 e. The van der Waals surface area contributed by atoms with E-state index in [-0.39, 0.29) is 0 Å². The fourth-order valence-electron chi connectivity index (χ4n) is 2.09. The third-order valence-electron chi connectivity index (χ3n) is 2.77. The summed E-state index contributed by atoms with van der Waals surface area (Å²) in [5, 5.41) is 8.08. The molecule has 0 aliphatic rings. The molecule has 1 heterocycles. The molecule has 2 nitrogen and oxygen atoms in total. The van der Waals surface area contributed by atoms with Crippen LogP contribution in [0.15, 0.2) is 16.8 Å². The first kappa shape index (κ1) is 14.7. The van der Waals surface area contributed by atoms with Gasteiger partial charge < -0.3 is 10.2 Å². The molecule has 0 spiro atoms. The third-order valence-corrected chi connectivity index (χ3v) is 3.50. The Labute approximate surface area is 110 Å². The van der Waals surface area contributed by atoms with E-state index in [4.69, 9.17) is 0 Å². The number of rotatable bonds is 8. The molecule has 0 fully saturated rings. The Balaban J connectivity index is 2.27. The summed E-state index contributed by atoms with van der Waals surface area (Å²) in [5.74, 6) is 0.758. The molecule has 3 heteroatoms. The third kappa shape index (κ3) is 6.81. The maximum absolute atomic E-state index is 3.68. The second-order valence-electron chi connectivity index (χ2n) is 5.42. The standard InChI is InChI=1S/C14H26N2S/c1-12(2)9-14(10-16(3)4)15-7-5-13-6-8-17-11-13/h6,8,11-12,14-15H,5,7,9-10H2,1-4H3. The molecule has 1 rings (SSSR count). The Morgan fingerprint density at radius 3 is 2.65 bits per heavy atom. The van der Waals surface area contributed by atoms with Gasteiger partial charge in [0.1, 0.15) is 0 Å². The van der Waals surface area contributed by atoms with E-state index in [0.29, 0.717) is 6.04 Å². The molecule has 1 aromatic heterocycles. The summed E-state index contributed by atoms with van der Waals surface area (Å²) in [4.78, 5) is 2.27. The smallest absolute Gasteiger partial charge is 0.0197 e. The van der Waals surface area contributed by atoms with E-state index in [1.54, 1.807) is 11.3 Å². The van der Waals surface area contributed by atoms with E-state index >= 15 is 0 Å². The maximum atomic E-state index is 3.68. The molecule has 98 valence electrons. The fourth-order valence-corrected chi connectivity index (χ4v) is 2.79. The molecule has 1 atom stereocenters. The minimum Gasteiger partial charge on any atom is -0.312 e. The highest BCUT2D eigenvalue weighted by atomic mass is 32.1. The van der Waals surface area contributed by atoms with Crippen molar-refractivity contribution < 1.29 is 0 Å². The van der Waals surface area contributed by atoms with E-state index in [9.17, 15) is 0 Å². The normalized spacial score (nSPS) is 13.5. The lowest BCUT2D eigenvalue weighted by molar-refractivity contribution is 0.307. The van der Waals surface area contributed by atoms with Crippen molar-refractivity contribution in [2.75, 3.05) is 27.2 Å². The molecule has 0 aliphatic carbocycles. The quantitative estimate of drug-likeness (QED) is 0.767. The van der Waals surface area contributed by atoms with Crippen LogP contribution in [-0.2, 0) is 6.42 Å². The van der Waals surface area contributed by atoms with Gasteiger partial charge >= 0.3 is 0 Å². The van der Waals surface area contributed by atoms with E-state index in [1.165, 1.54) is 12.0 Å². The number of nitrogens with one attached hydrogen (secondary N) is 1. The van der Waals surface area contributed by atoms with Gasteiger partial charge in [-0.1, -0.05) is 13.8 Å². The van der Waals surface area contributed by atoms with Crippen molar-refractivity contribution in [1.82, 2.24) is 10.2 Å². The van der Waals surface area contributed by atoms with Crippen molar-refractivity contribution in [3.05, 3.63) is 22.4 Å². The first-order chi connectivity index (χ1) is 8.08. The molecule has 1 unspecified atom stereocenters. The van der Waals surface area contributed by atoms with Crippen LogP contribution in [0.1, 0.15) is 25.8 Å². The summed E-state index contributed by atoms with van der Waals surface area (Å²) in [6.45, 7) is 6.80. The van der Waals surface area contributed by atoms with Gasteiger partial charge in [-0.2, -0.15) is 11.3 Å². The summed E-state index contributed by atoms with van der Waals surface area (Å²) in [5.41, 5.74) is 1.45. The Hall–Kier alpha value is -0.380. The lowest BCUT2D eigenvalue weighted by atomic mass is 10.0. The molecule has 0 radical (unpaired) electrons. The molecule has 0 aliphatic heterocycles. The van der Waals surface area contributed by atoms with Crippen LogP contribution in [0.2, 0.25) is 0 Å². The van der Waals surface area contributed by atoms with Crippen molar-refractivity contribution in [3.63, 3.8) is 0 Å². The minimum absolute atomic E-state index is 0.614. The highest BCUT2D eigenvalue weighted by molar-refractivity contribution is 7.07. The SMILES string of the molecule is CC(C)CC(CN(C)C)NCCc1ccsc1. The van der Waals surface area contributed by atoms with Crippen molar-refractivity contribution in [1.29, 1.82) is 0 Å². The Bertz CT molecular complexity index is 270. The van der Waals surface area contributed by atoms with E-state index in [1.807, 2.05) is 0 Å². The molecular weight excluding hydrogens is 228 g/mol. The summed E-state index contributed by atoms with van der Waals surface area (Å²) in [6.07, 6.45) is 2.40. The van der Waals surface area contributed by atoms with Gasteiger partial charge in [-0.15, -0.1) is 0 Å². The van der Waals surface area contributed by atoms with Gasteiger partial charge in [0.05, 0.1) is 0 Å². The summed E-state index contributed by atoms with van der Waals surface area (Å²) in [7, 11) is 4.29. The first-order valence-electron chi connectivity index (χ1n) is 6.47. The number of hydrogen-bond donors (Lipinski definition) is 1. The number of likely N-dealkylation sites (N-methyl/N-ethyl adjacent to an activating group) is 1. The highest BCUT2D eigenvalue weighted by Crippen LogP contribution is 2.08. The zero-order valence-corrected chi connectivity index (χ0v) is 12.4. The average Bonchev–Trinajstić information content (AvgIpc) is 2.68. The number of thiophene rings is 1. The second kappa shape index (κ2) is 7.85. The molecule has 0 amide bonds. The zero-order valence-electron chi connectivity index (χ0n) is 11.6. The molecule has 1 aromatic rings. The van der Waals surface area contributed by atoms with Crippen LogP contribution in [0.3, 0.4) is 0 Å². The lowest BCUT2D eigenvalue weighted by Gasteiger charge is -2.24. The van der Waals surface area contributed by atoms with Gasteiger partial charge in [0, 0.05) is 12.6 Å². The average molecular weight is 254 g/mol. The predicted octanol–water partition coefficient (Wildman–Crippen LogP) is 2.86. The van der Waals surface area contributed by atoms with Crippen molar-refractivity contribution in [2.45, 2.75) is 32.7 Å². The van der Waals surface area contributed by atoms with Crippen LogP contribution in [-0.4, -0.2) is 38.1 Å². The van der Waals surface area contributed by atoms with Crippen molar-refractivity contribution in [3.8, 4) is 0 Å². The van der Waals surface area contributed by atoms with Gasteiger partial charge in [0.25, 0.3) is 0 Å². The van der Waals surface area contributed by atoms with Crippen LogP contribution >= 0.6 is 11.3 Å². The molecule has 1 N–H and O–H groups in total. The summed E-state index contributed by atoms with van der Waals surface area (Å²) < 4.78 is 0. The predicted molar refractivity (Wildman–Crippen MR) is 77.8 cm³/mol. The van der Waals surface area contributed by atoms with Crippen LogP contribution in [0, 0.1) is 5.92 Å². The lowest BCUT2D eigenvalue weighted by Crippen LogP contribution is -2.40. The molecule has 0 saturated heterocycles. The second-order valence-corrected chi connectivity index (χ2v) is 6.20. The van der Waals surface area contributed by atoms with E-state index in [2.05, 4.69) is 55.0 Å². The summed E-state index contributed by atoms with van der Waals surface area (Å²) in [6, 6.07) is 2.83. The topological polar surface area (TPSA) is 15.3 Å². The van der Waals surface area contributed by atoms with Gasteiger partial charge in [0.2, 0.25) is 0 Å². The first-order valence-corrected chi connectivity index (χ1v) is 7.41. The van der Waals surface area contributed by atoms with Crippen LogP contribution < -0.4 is 5.32 Å². The van der Waals surface area contributed by atoms with Crippen molar-refractivity contribution >= 4 is 11.3 Å². The van der Waals surface area contributed by atoms with Crippen LogP contribution in [0.4, 0.5) is 0 Å². The molecule has 0 bridgehead atoms. The van der Waals surface area contributed by atoms with Gasteiger partial charge in [-0.25, -0.2) is 0 Å². The molecule has 17 heavy (non-hydrogen) atoms. The number of hydrogen-bond acceptors (Lipinski definition) is 3. The Morgan fingerprint density at radius 2 is 2.12 bits per heavy atom. The largest absolute Gasteiger partial charge is 0.312 e. The van der Waals surface area contributed by atoms with Crippen molar-refractivity contribution in [2.24, 2.45) is 5.92 Å². The summed E-state index contributed by atoms with van der Waals surface area (Å²) >= 11 is 1.78. The Morgan fingerprint density at radius 1 is 1.35 bits per heavy atom. The van der Waals surface area contributed by atoms with E-state index < -0.39 is 0 Å². The Kier molecular flexibility index (Phi) is 6.78. The van der Waals surface area contributed by atoms with Gasteiger partial charge in [-0.05, 0) is 61.8 Å².